The number of methoxy groups -OCH3 is 2. The van der Waals surface area contributed by atoms with E-state index in [0.717, 1.165) is 34.6 Å². The zero-order valence-corrected chi connectivity index (χ0v) is 17.4. The van der Waals surface area contributed by atoms with Crippen molar-refractivity contribution in [2.75, 3.05) is 51.9 Å². The highest BCUT2D eigenvalue weighted by molar-refractivity contribution is 5.89. The lowest BCUT2D eigenvalue weighted by atomic mass is 9.75. The quantitative estimate of drug-likeness (QED) is 0.848. The standard InChI is InChI=1S/C22H29N3O4/c1-15-11-19(23-21-17(15)5-4-6-18(21)29-3)24-9-7-22(27)8-10-25(13-16(22)12-24)20(26)14-28-2/h4-6,11,16,27H,7-10,12-14H2,1-3H3/t16-,22-/m1/s1. The first-order valence-electron chi connectivity index (χ1n) is 10.1. The molecule has 7 nitrogen and oxygen atoms in total. The lowest BCUT2D eigenvalue weighted by Crippen LogP contribution is -2.61. The molecule has 1 amide bonds. The third-order valence-corrected chi connectivity index (χ3v) is 6.43. The first-order valence-corrected chi connectivity index (χ1v) is 10.1. The molecule has 0 aliphatic carbocycles. The molecule has 0 radical (unpaired) electrons. The van der Waals surface area contributed by atoms with Crippen LogP contribution in [0.25, 0.3) is 10.9 Å². The molecule has 2 aliphatic rings. The number of benzene rings is 1. The van der Waals surface area contributed by atoms with Crippen LogP contribution in [0.1, 0.15) is 18.4 Å². The van der Waals surface area contributed by atoms with E-state index in [2.05, 4.69) is 24.0 Å². The van der Waals surface area contributed by atoms with E-state index in [1.807, 2.05) is 17.0 Å². The van der Waals surface area contributed by atoms with Crippen molar-refractivity contribution in [3.05, 3.63) is 29.8 Å². The van der Waals surface area contributed by atoms with E-state index < -0.39 is 5.60 Å². The zero-order chi connectivity index (χ0) is 20.6. The fourth-order valence-corrected chi connectivity index (χ4v) is 4.65. The highest BCUT2D eigenvalue weighted by Gasteiger charge is 2.46. The molecule has 2 atom stereocenters. The van der Waals surface area contributed by atoms with Gasteiger partial charge in [0.1, 0.15) is 23.7 Å². The Morgan fingerprint density at radius 3 is 2.83 bits per heavy atom. The van der Waals surface area contributed by atoms with Gasteiger partial charge in [0, 0.05) is 44.6 Å². The molecule has 0 saturated carbocycles. The van der Waals surface area contributed by atoms with E-state index >= 15 is 0 Å². The van der Waals surface area contributed by atoms with Crippen LogP contribution in [0.3, 0.4) is 0 Å². The predicted molar refractivity (Wildman–Crippen MR) is 111 cm³/mol. The number of aryl methyl sites for hydroxylation is 1. The summed E-state index contributed by atoms with van der Waals surface area (Å²) in [5.41, 5.74) is 1.28. The lowest BCUT2D eigenvalue weighted by Gasteiger charge is -2.50. The fourth-order valence-electron chi connectivity index (χ4n) is 4.65. The van der Waals surface area contributed by atoms with Crippen LogP contribution in [-0.4, -0.2) is 73.5 Å². The maximum Gasteiger partial charge on any atom is 0.248 e. The van der Waals surface area contributed by atoms with Crippen LogP contribution in [0, 0.1) is 12.8 Å². The third kappa shape index (κ3) is 3.65. The molecule has 1 aromatic heterocycles. The lowest BCUT2D eigenvalue weighted by molar-refractivity contribution is -0.145. The van der Waals surface area contributed by atoms with Gasteiger partial charge in [0.25, 0.3) is 0 Å². The van der Waals surface area contributed by atoms with Gasteiger partial charge >= 0.3 is 0 Å². The molecule has 1 aromatic carbocycles. The van der Waals surface area contributed by atoms with Crippen LogP contribution in [0.4, 0.5) is 5.82 Å². The summed E-state index contributed by atoms with van der Waals surface area (Å²) in [4.78, 5) is 21.2. The Hall–Kier alpha value is -2.38. The number of carbonyl (C=O) groups excluding carboxylic acids is 1. The minimum atomic E-state index is -0.718. The summed E-state index contributed by atoms with van der Waals surface area (Å²) in [5.74, 6) is 1.62. The summed E-state index contributed by atoms with van der Waals surface area (Å²) >= 11 is 0. The Morgan fingerprint density at radius 1 is 1.28 bits per heavy atom. The van der Waals surface area contributed by atoms with E-state index in [1.165, 1.54) is 7.11 Å². The molecule has 29 heavy (non-hydrogen) atoms. The second-order valence-electron chi connectivity index (χ2n) is 8.17. The normalized spacial score (nSPS) is 24.5. The number of amides is 1. The van der Waals surface area contributed by atoms with E-state index in [1.54, 1.807) is 7.11 Å². The molecule has 1 N–H and O–H groups in total. The Morgan fingerprint density at radius 2 is 2.07 bits per heavy atom. The van der Waals surface area contributed by atoms with Gasteiger partial charge in [0.05, 0.1) is 12.7 Å². The number of carbonyl (C=O) groups is 1. The van der Waals surface area contributed by atoms with E-state index in [9.17, 15) is 9.90 Å². The summed E-state index contributed by atoms with van der Waals surface area (Å²) in [5, 5.41) is 12.2. The van der Waals surface area contributed by atoms with Gasteiger partial charge in [-0.2, -0.15) is 0 Å². The summed E-state index contributed by atoms with van der Waals surface area (Å²) in [6.45, 7) is 4.70. The minimum Gasteiger partial charge on any atom is -0.494 e. The molecular weight excluding hydrogens is 370 g/mol. The van der Waals surface area contributed by atoms with Crippen molar-refractivity contribution in [2.45, 2.75) is 25.4 Å². The fraction of sp³-hybridized carbons (Fsp3) is 0.545. The van der Waals surface area contributed by atoms with E-state index in [4.69, 9.17) is 14.5 Å². The number of nitrogens with zero attached hydrogens (tertiary/aromatic N) is 3. The van der Waals surface area contributed by atoms with Crippen molar-refractivity contribution in [3.63, 3.8) is 0 Å². The number of fused-ring (bicyclic) bond motifs is 2. The molecule has 0 bridgehead atoms. The van der Waals surface area contributed by atoms with Crippen molar-refractivity contribution in [1.82, 2.24) is 9.88 Å². The summed E-state index contributed by atoms with van der Waals surface area (Å²) in [6, 6.07) is 8.06. The van der Waals surface area contributed by atoms with Crippen molar-refractivity contribution >= 4 is 22.6 Å². The largest absolute Gasteiger partial charge is 0.494 e. The monoisotopic (exact) mass is 399 g/mol. The van der Waals surface area contributed by atoms with E-state index in [0.29, 0.717) is 32.5 Å². The van der Waals surface area contributed by atoms with Gasteiger partial charge in [-0.25, -0.2) is 4.98 Å². The van der Waals surface area contributed by atoms with Crippen LogP contribution in [-0.2, 0) is 9.53 Å². The van der Waals surface area contributed by atoms with Crippen LogP contribution in [0.2, 0.25) is 0 Å². The molecule has 2 aliphatic heterocycles. The number of pyridine rings is 1. The Bertz CT molecular complexity index is 918. The average molecular weight is 399 g/mol. The number of rotatable bonds is 4. The molecule has 2 fully saturated rings. The Labute approximate surface area is 171 Å². The number of para-hydroxylation sites is 1. The van der Waals surface area contributed by atoms with Gasteiger partial charge in [-0.05, 0) is 37.5 Å². The molecule has 2 saturated heterocycles. The average Bonchev–Trinajstić information content (AvgIpc) is 2.72. The third-order valence-electron chi connectivity index (χ3n) is 6.43. The number of anilines is 1. The molecule has 156 valence electrons. The number of aliphatic hydroxyl groups is 1. The smallest absolute Gasteiger partial charge is 0.248 e. The summed E-state index contributed by atoms with van der Waals surface area (Å²) in [7, 11) is 3.19. The van der Waals surface area contributed by atoms with Crippen molar-refractivity contribution in [2.24, 2.45) is 5.92 Å². The van der Waals surface area contributed by atoms with Crippen molar-refractivity contribution < 1.29 is 19.4 Å². The summed E-state index contributed by atoms with van der Waals surface area (Å²) in [6.07, 6.45) is 1.29. The Kier molecular flexibility index (Phi) is 5.36. The second kappa shape index (κ2) is 7.80. The molecular formula is C22H29N3O4. The Balaban J connectivity index is 1.60. The number of likely N-dealkylation sites (tertiary alicyclic amines) is 1. The van der Waals surface area contributed by atoms with Gasteiger partial charge in [-0.15, -0.1) is 0 Å². The number of hydrogen-bond acceptors (Lipinski definition) is 6. The predicted octanol–water partition coefficient (Wildman–Crippen LogP) is 1.99. The molecule has 3 heterocycles. The molecule has 4 rings (SSSR count). The minimum absolute atomic E-state index is 0.0127. The van der Waals surface area contributed by atoms with Crippen LogP contribution in [0.5, 0.6) is 5.75 Å². The van der Waals surface area contributed by atoms with Gasteiger partial charge in [0.2, 0.25) is 5.91 Å². The maximum absolute atomic E-state index is 12.3. The van der Waals surface area contributed by atoms with Gasteiger partial charge in [0.15, 0.2) is 0 Å². The molecule has 7 heteroatoms. The van der Waals surface area contributed by atoms with E-state index in [-0.39, 0.29) is 18.4 Å². The topological polar surface area (TPSA) is 75.1 Å². The van der Waals surface area contributed by atoms with Crippen LogP contribution in [0.15, 0.2) is 24.3 Å². The molecule has 0 spiro atoms. The van der Waals surface area contributed by atoms with Gasteiger partial charge in [-0.1, -0.05) is 12.1 Å². The summed E-state index contributed by atoms with van der Waals surface area (Å²) < 4.78 is 10.5. The highest BCUT2D eigenvalue weighted by atomic mass is 16.5. The van der Waals surface area contributed by atoms with Crippen molar-refractivity contribution in [3.8, 4) is 5.75 Å². The van der Waals surface area contributed by atoms with Gasteiger partial charge in [-0.3, -0.25) is 4.79 Å². The number of piperidine rings is 2. The van der Waals surface area contributed by atoms with Gasteiger partial charge < -0.3 is 24.4 Å². The molecule has 2 aromatic rings. The maximum atomic E-state index is 12.3. The SMILES string of the molecule is COCC(=O)N1CC[C@]2(O)CCN(c3cc(C)c4cccc(OC)c4n3)C[C@@H]2C1. The highest BCUT2D eigenvalue weighted by Crippen LogP contribution is 2.38. The van der Waals surface area contributed by atoms with Crippen molar-refractivity contribution in [1.29, 1.82) is 0 Å². The first kappa shape index (κ1) is 19.9. The molecule has 0 unspecified atom stereocenters. The number of aromatic nitrogens is 1. The van der Waals surface area contributed by atoms with Crippen LogP contribution >= 0.6 is 0 Å². The number of ether oxygens (including phenoxy) is 2. The first-order chi connectivity index (χ1) is 13.9. The van der Waals surface area contributed by atoms with Crippen LogP contribution < -0.4 is 9.64 Å². The zero-order valence-electron chi connectivity index (χ0n) is 17.4. The second-order valence-corrected chi connectivity index (χ2v) is 8.17. The number of hydrogen-bond donors (Lipinski definition) is 1.